The molecule has 115 heavy (non-hydrogen) atoms. The number of piperidine rings is 2. The van der Waals surface area contributed by atoms with Crippen molar-refractivity contribution in [1.82, 2.24) is 68.8 Å². The molecule has 0 bridgehead atoms. The van der Waals surface area contributed by atoms with Crippen LogP contribution in [0, 0.1) is 5.92 Å². The molecule has 6 amide bonds. The van der Waals surface area contributed by atoms with E-state index in [1.165, 1.54) is 0 Å². The van der Waals surface area contributed by atoms with Gasteiger partial charge in [-0.3, -0.25) is 33.8 Å². The van der Waals surface area contributed by atoms with E-state index in [0.29, 0.717) is 158 Å². The Hall–Kier alpha value is -13.5. The summed E-state index contributed by atoms with van der Waals surface area (Å²) in [5, 5.41) is 21.2. The normalized spacial score (nSPS) is 15.7. The number of carbonyl (C=O) groups excluding carboxylic acids is 6. The SMILES string of the molecule is COCCN(C)C(=O)c1ccc(Nc2nc3c(-c4ccc(C(=O)N5CCCC([n+]6c(Nc7ccc(C(=O)N8CCOCC8)cc7)nc7c(-c8ccc(C(=O)NCc9ccccn9)cc8)cccn76)C5)cc4)cccn3[n+]2C2CCCN(C(=O)c3ccc(-c4cccn5nc(Nc6ccc(C(=O)NCC7CC7)cc6)nc45)cc3)C2)cc1. The van der Waals surface area contributed by atoms with Gasteiger partial charge >= 0.3 is 11.9 Å². The van der Waals surface area contributed by atoms with E-state index >= 15 is 4.79 Å². The molecule has 1 saturated carbocycles. The number of hydrogen-bond donors (Lipinski definition) is 5. The second-order valence-corrected chi connectivity index (χ2v) is 29.6. The predicted octanol–water partition coefficient (Wildman–Crippen LogP) is 11.4. The van der Waals surface area contributed by atoms with Crippen LogP contribution < -0.4 is 35.9 Å². The number of methoxy groups -OCH3 is 1. The van der Waals surface area contributed by atoms with E-state index in [2.05, 4.69) is 40.9 Å². The first-order valence-electron chi connectivity index (χ1n) is 39.1. The maximum absolute atomic E-state index is 15.1. The fraction of sp³-hybridized carbons (Fsp3) is 0.261. The van der Waals surface area contributed by atoms with E-state index in [-0.39, 0.29) is 47.5 Å². The number of pyridine rings is 4. The summed E-state index contributed by atoms with van der Waals surface area (Å²) in [5.41, 5.74) is 13.1. The average molecular weight is 1540 g/mol. The van der Waals surface area contributed by atoms with Crippen molar-refractivity contribution < 1.29 is 47.6 Å². The smallest absolute Gasteiger partial charge is 0.383 e. The van der Waals surface area contributed by atoms with Crippen LogP contribution in [0.5, 0.6) is 0 Å². The first-order chi connectivity index (χ1) is 56.3. The quantitative estimate of drug-likeness (QED) is 0.0352. The lowest BCUT2D eigenvalue weighted by Gasteiger charge is -2.32. The predicted molar refractivity (Wildman–Crippen MR) is 434 cm³/mol. The number of aromatic nitrogens is 10. The molecular formula is C88H87N19O8+2. The highest BCUT2D eigenvalue weighted by Crippen LogP contribution is 2.34. The Kier molecular flexibility index (Phi) is 21.3. The molecule has 5 N–H and O–H groups in total. The van der Waals surface area contributed by atoms with E-state index in [1.807, 2.05) is 206 Å². The van der Waals surface area contributed by atoms with Gasteiger partial charge in [0.15, 0.2) is 5.65 Å². The molecule has 0 radical (unpaired) electrons. The zero-order valence-corrected chi connectivity index (χ0v) is 63.8. The van der Waals surface area contributed by atoms with E-state index < -0.39 is 0 Å². The van der Waals surface area contributed by atoms with Gasteiger partial charge < -0.3 is 45.0 Å². The van der Waals surface area contributed by atoms with Gasteiger partial charge in [-0.2, -0.15) is 14.0 Å². The topological polar surface area (TPSA) is 279 Å². The Morgan fingerprint density at radius 1 is 0.487 bits per heavy atom. The van der Waals surface area contributed by atoms with E-state index in [1.54, 1.807) is 66.2 Å². The summed E-state index contributed by atoms with van der Waals surface area (Å²) in [6.07, 6.45) is 12.7. The maximum Gasteiger partial charge on any atom is 0.417 e. The largest absolute Gasteiger partial charge is 0.417 e. The monoisotopic (exact) mass is 1540 g/mol. The molecule has 1 aliphatic carbocycles. The number of morpholine rings is 1. The van der Waals surface area contributed by atoms with Crippen LogP contribution in [0.25, 0.3) is 50.3 Å². The van der Waals surface area contributed by atoms with Gasteiger partial charge in [0.05, 0.1) is 56.5 Å². The van der Waals surface area contributed by atoms with Gasteiger partial charge in [0.1, 0.15) is 12.1 Å². The molecule has 17 rings (SSSR count). The molecule has 4 aliphatic rings. The molecule has 3 saturated heterocycles. The van der Waals surface area contributed by atoms with Crippen molar-refractivity contribution in [2.75, 3.05) is 102 Å². The molecule has 13 aromatic rings. The van der Waals surface area contributed by atoms with Gasteiger partial charge in [-0.05, 0) is 229 Å². The van der Waals surface area contributed by atoms with Crippen molar-refractivity contribution in [1.29, 1.82) is 0 Å². The molecule has 10 heterocycles. The number of likely N-dealkylation sites (tertiary alicyclic amines) is 2. The number of rotatable bonds is 24. The third kappa shape index (κ3) is 16.2. The second-order valence-electron chi connectivity index (χ2n) is 29.6. The molecule has 27 nitrogen and oxygen atoms in total. The molecule has 2 atom stereocenters. The Morgan fingerprint density at radius 3 is 1.47 bits per heavy atom. The molecule has 4 fully saturated rings. The Morgan fingerprint density at radius 2 is 0.957 bits per heavy atom. The number of nitrogens with zero attached hydrogens (tertiary/aromatic N) is 14. The molecule has 580 valence electrons. The van der Waals surface area contributed by atoms with Gasteiger partial charge in [0.25, 0.3) is 46.7 Å². The summed E-state index contributed by atoms with van der Waals surface area (Å²) in [6, 6.07) is 61.7. The number of carbonyl (C=O) groups is 6. The minimum atomic E-state index is -0.240. The number of benzene rings is 6. The van der Waals surface area contributed by atoms with Crippen molar-refractivity contribution in [3.05, 3.63) is 264 Å². The van der Waals surface area contributed by atoms with Crippen LogP contribution in [0.15, 0.2) is 225 Å². The summed E-state index contributed by atoms with van der Waals surface area (Å²) in [5.74, 6) is 1.34. The Labute approximate surface area is 663 Å². The Bertz CT molecular complexity index is 5750. The highest BCUT2D eigenvalue weighted by Gasteiger charge is 2.37. The highest BCUT2D eigenvalue weighted by atomic mass is 16.5. The average Bonchev–Trinajstić information content (AvgIpc) is 1.60. The van der Waals surface area contributed by atoms with Crippen molar-refractivity contribution in [2.24, 2.45) is 5.92 Å². The van der Waals surface area contributed by atoms with Gasteiger partial charge in [-0.1, -0.05) is 42.5 Å². The van der Waals surface area contributed by atoms with Gasteiger partial charge in [-0.15, -0.1) is 14.5 Å². The zero-order chi connectivity index (χ0) is 78.5. The number of ether oxygens (including phenoxy) is 2. The molecular weight excluding hydrogens is 1450 g/mol. The third-order valence-electron chi connectivity index (χ3n) is 21.8. The van der Waals surface area contributed by atoms with E-state index in [0.717, 1.165) is 89.0 Å². The number of anilines is 6. The standard InChI is InChI=1S/C88H85N19O8/c1-99(48-51-114-2)82(110)64-32-38-69(39-33-64)93-87-97-79-76(15-9-47-105(79)106(87)72-11-5-43-101(56-72)84(112)65-26-20-59(21-27-65)74-13-7-45-103-77(74)95-86(98-103)92-68-36-30-63(31-37-68)80(108)90-54-58-16-17-58)61-22-28-66(29-23-61)85(113)102-44-6-12-73(57-102)107-88(94-70-40-34-67(35-41-70)83(111)100-49-52-115-53-50-100)96-78-75(14-8-46-104(78)107)60-18-24-62(25-19-60)81(109)91-55-71-10-3-4-42-89-71/h3-4,7-10,13-15,18-42,45-47,58,72-73H,5-6,11-12,16-17,43-44,48-57H2,1-2H3,(H3,90,91,92,98,108,109)/p+2. The fourth-order valence-corrected chi connectivity index (χ4v) is 15.4. The second kappa shape index (κ2) is 33.0. The highest BCUT2D eigenvalue weighted by molar-refractivity contribution is 5.98. The lowest BCUT2D eigenvalue weighted by molar-refractivity contribution is -0.773. The van der Waals surface area contributed by atoms with Crippen LogP contribution in [0.4, 0.5) is 34.9 Å². The number of fused-ring (bicyclic) bond motifs is 3. The Balaban J connectivity index is 0.622. The first-order valence-corrected chi connectivity index (χ1v) is 39.1. The summed E-state index contributed by atoms with van der Waals surface area (Å²) in [7, 11) is 3.36. The van der Waals surface area contributed by atoms with Gasteiger partial charge in [-0.25, -0.2) is 15.1 Å². The van der Waals surface area contributed by atoms with Crippen molar-refractivity contribution in [3.8, 4) is 33.4 Å². The molecule has 2 unspecified atom stereocenters. The summed E-state index contributed by atoms with van der Waals surface area (Å²) >= 11 is 0. The van der Waals surface area contributed by atoms with Gasteiger partial charge in [0, 0.05) is 134 Å². The van der Waals surface area contributed by atoms with Crippen molar-refractivity contribution in [3.63, 3.8) is 0 Å². The third-order valence-corrected chi connectivity index (χ3v) is 21.8. The van der Waals surface area contributed by atoms with Crippen LogP contribution in [0.3, 0.4) is 0 Å². The summed E-state index contributed by atoms with van der Waals surface area (Å²) in [6.45, 7) is 5.76. The van der Waals surface area contributed by atoms with Crippen LogP contribution in [-0.2, 0) is 16.0 Å². The minimum absolute atomic E-state index is 0.0544. The number of hydrogen-bond acceptors (Lipinski definition) is 16. The number of amides is 6. The lowest BCUT2D eigenvalue weighted by atomic mass is 10.0. The molecule has 7 aromatic heterocycles. The van der Waals surface area contributed by atoms with Crippen LogP contribution in [0.1, 0.15) is 118 Å². The number of nitrogens with one attached hydrogen (secondary N) is 5. The zero-order valence-electron chi connectivity index (χ0n) is 63.8. The van der Waals surface area contributed by atoms with Crippen molar-refractivity contribution in [2.45, 2.75) is 57.2 Å². The van der Waals surface area contributed by atoms with Crippen LogP contribution in [-0.4, -0.2) is 180 Å². The summed E-state index contributed by atoms with van der Waals surface area (Å²) in [4.78, 5) is 110. The first kappa shape index (κ1) is 74.2. The van der Waals surface area contributed by atoms with Crippen molar-refractivity contribution >= 4 is 87.3 Å². The minimum Gasteiger partial charge on any atom is -0.383 e. The van der Waals surface area contributed by atoms with E-state index in [9.17, 15) is 24.0 Å². The molecule has 6 aromatic carbocycles. The molecule has 27 heteroatoms. The molecule has 3 aliphatic heterocycles. The number of likely N-dealkylation sites (N-methyl/N-ethyl adjacent to an activating group) is 1. The lowest BCUT2D eigenvalue weighted by Crippen LogP contribution is -2.54. The van der Waals surface area contributed by atoms with Crippen LogP contribution >= 0.6 is 0 Å². The molecule has 0 spiro atoms. The van der Waals surface area contributed by atoms with Gasteiger partial charge in [0.2, 0.25) is 5.95 Å². The fourth-order valence-electron chi connectivity index (χ4n) is 15.4. The summed E-state index contributed by atoms with van der Waals surface area (Å²) < 4.78 is 20.8. The van der Waals surface area contributed by atoms with E-state index in [4.69, 9.17) is 29.5 Å². The van der Waals surface area contributed by atoms with Crippen LogP contribution in [0.2, 0.25) is 0 Å². The maximum atomic E-state index is 15.1.